The highest BCUT2D eigenvalue weighted by Gasteiger charge is 2.33. The van der Waals surface area contributed by atoms with Crippen LogP contribution in [-0.4, -0.2) is 25.0 Å². The normalized spacial score (nSPS) is 19.3. The van der Waals surface area contributed by atoms with E-state index in [1.54, 1.807) is 11.3 Å². The number of halogens is 4. The highest BCUT2D eigenvalue weighted by Crippen LogP contribution is 2.38. The van der Waals surface area contributed by atoms with Crippen molar-refractivity contribution in [1.29, 1.82) is 0 Å². The lowest BCUT2D eigenvalue weighted by Crippen LogP contribution is -2.26. The molecule has 0 N–H and O–H groups in total. The molecule has 0 radical (unpaired) electrons. The maximum atomic E-state index is 12.8. The summed E-state index contributed by atoms with van der Waals surface area (Å²) in [7, 11) is 2.01. The summed E-state index contributed by atoms with van der Waals surface area (Å²) in [6.45, 7) is 1.61. The Bertz CT molecular complexity index is 701. The summed E-state index contributed by atoms with van der Waals surface area (Å²) in [5, 5.41) is 1.68. The second-order valence-corrected chi connectivity index (χ2v) is 6.97. The molecule has 23 heavy (non-hydrogen) atoms. The second-order valence-electron chi connectivity index (χ2n) is 5.56. The lowest BCUT2D eigenvalue weighted by Gasteiger charge is -2.22. The highest BCUT2D eigenvalue weighted by molar-refractivity contribution is 7.10. The van der Waals surface area contributed by atoms with E-state index < -0.39 is 11.7 Å². The van der Waals surface area contributed by atoms with Gasteiger partial charge < -0.3 is 9.64 Å². The van der Waals surface area contributed by atoms with Gasteiger partial charge in [0.15, 0.2) is 0 Å². The van der Waals surface area contributed by atoms with Gasteiger partial charge >= 0.3 is 6.18 Å². The van der Waals surface area contributed by atoms with E-state index in [0.29, 0.717) is 12.3 Å². The minimum absolute atomic E-state index is 0.212. The first-order valence-electron chi connectivity index (χ1n) is 7.13. The number of alkyl halides is 3. The van der Waals surface area contributed by atoms with Gasteiger partial charge in [-0.05, 0) is 43.1 Å². The summed E-state index contributed by atoms with van der Waals surface area (Å²) in [6.07, 6.45) is -3.72. The molecular formula is C16H15ClF3NOS. The number of hydrogen-bond donors (Lipinski definition) is 0. The summed E-state index contributed by atoms with van der Waals surface area (Å²) in [4.78, 5) is 3.42. The topological polar surface area (TPSA) is 12.5 Å². The second kappa shape index (κ2) is 6.34. The predicted octanol–water partition coefficient (Wildman–Crippen LogP) is 5.03. The molecule has 0 bridgehead atoms. The van der Waals surface area contributed by atoms with Crippen LogP contribution in [0.1, 0.15) is 22.1 Å². The Balaban J connectivity index is 1.86. The Hall–Kier alpha value is -1.24. The Morgan fingerprint density at radius 3 is 2.78 bits per heavy atom. The molecule has 0 fully saturated rings. The number of fused-ring (bicyclic) bond motifs is 1. The van der Waals surface area contributed by atoms with Crippen molar-refractivity contribution in [2.75, 3.05) is 20.1 Å². The lowest BCUT2D eigenvalue weighted by molar-refractivity contribution is -0.137. The Labute approximate surface area is 141 Å². The first kappa shape index (κ1) is 16.6. The van der Waals surface area contributed by atoms with Gasteiger partial charge in [-0.1, -0.05) is 11.6 Å². The van der Waals surface area contributed by atoms with Crippen LogP contribution >= 0.6 is 22.9 Å². The van der Waals surface area contributed by atoms with Gasteiger partial charge in [-0.25, -0.2) is 0 Å². The quantitative estimate of drug-likeness (QED) is 0.744. The molecule has 1 aromatic carbocycles. The number of rotatable bonds is 2. The number of benzene rings is 1. The fraction of sp³-hybridized carbons (Fsp3) is 0.375. The number of thiophene rings is 1. The van der Waals surface area contributed by atoms with Gasteiger partial charge in [0.2, 0.25) is 0 Å². The van der Waals surface area contributed by atoms with Crippen molar-refractivity contribution in [2.45, 2.75) is 18.7 Å². The van der Waals surface area contributed by atoms with E-state index in [0.717, 1.165) is 24.6 Å². The minimum Gasteiger partial charge on any atom is -0.484 e. The maximum Gasteiger partial charge on any atom is 0.417 e. The molecule has 0 aliphatic carbocycles. The monoisotopic (exact) mass is 361 g/mol. The van der Waals surface area contributed by atoms with E-state index >= 15 is 0 Å². The van der Waals surface area contributed by atoms with Crippen molar-refractivity contribution in [3.05, 3.63) is 50.7 Å². The predicted molar refractivity (Wildman–Crippen MR) is 85.3 cm³/mol. The third-order valence-electron chi connectivity index (χ3n) is 3.85. The van der Waals surface area contributed by atoms with E-state index in [1.807, 2.05) is 18.5 Å². The summed E-state index contributed by atoms with van der Waals surface area (Å²) >= 11 is 7.45. The average molecular weight is 362 g/mol. The summed E-state index contributed by atoms with van der Waals surface area (Å²) < 4.78 is 44.3. The Morgan fingerprint density at radius 1 is 1.30 bits per heavy atom. The smallest absolute Gasteiger partial charge is 0.417 e. The minimum atomic E-state index is -4.46. The molecule has 1 aliphatic rings. The molecule has 7 heteroatoms. The lowest BCUT2D eigenvalue weighted by atomic mass is 10.1. The molecule has 0 spiro atoms. The molecule has 1 aliphatic heterocycles. The fourth-order valence-electron chi connectivity index (χ4n) is 2.67. The van der Waals surface area contributed by atoms with Gasteiger partial charge in [-0.15, -0.1) is 11.3 Å². The Morgan fingerprint density at radius 2 is 2.09 bits per heavy atom. The molecule has 2 aromatic rings. The third-order valence-corrected chi connectivity index (χ3v) is 5.16. The largest absolute Gasteiger partial charge is 0.484 e. The SMILES string of the molecule is CN1CCc2sccc2C(Oc2ccc(C(F)(F)F)c(Cl)c2)C1. The van der Waals surface area contributed by atoms with Crippen molar-refractivity contribution in [1.82, 2.24) is 4.90 Å². The fourth-order valence-corrected chi connectivity index (χ4v) is 3.87. The number of hydrogen-bond acceptors (Lipinski definition) is 3. The van der Waals surface area contributed by atoms with Gasteiger partial charge in [0.1, 0.15) is 11.9 Å². The Kier molecular flexibility index (Phi) is 4.58. The van der Waals surface area contributed by atoms with Crippen LogP contribution in [0.5, 0.6) is 5.75 Å². The molecule has 0 saturated carbocycles. The first-order chi connectivity index (χ1) is 10.8. The van der Waals surface area contributed by atoms with Gasteiger partial charge in [-0.2, -0.15) is 13.2 Å². The molecule has 124 valence electrons. The van der Waals surface area contributed by atoms with Crippen molar-refractivity contribution in [3.8, 4) is 5.75 Å². The van der Waals surface area contributed by atoms with Crippen LogP contribution in [0.4, 0.5) is 13.2 Å². The van der Waals surface area contributed by atoms with Crippen LogP contribution in [0, 0.1) is 0 Å². The van der Waals surface area contributed by atoms with Crippen molar-refractivity contribution < 1.29 is 17.9 Å². The molecular weight excluding hydrogens is 347 g/mol. The zero-order chi connectivity index (χ0) is 16.6. The van der Waals surface area contributed by atoms with Gasteiger partial charge in [0, 0.05) is 23.5 Å². The summed E-state index contributed by atoms with van der Waals surface area (Å²) in [5.41, 5.74) is 0.260. The van der Waals surface area contributed by atoms with Gasteiger partial charge in [-0.3, -0.25) is 0 Å². The molecule has 2 nitrogen and oxygen atoms in total. The molecule has 1 aromatic heterocycles. The van der Waals surface area contributed by atoms with Gasteiger partial charge in [0.25, 0.3) is 0 Å². The van der Waals surface area contributed by atoms with Gasteiger partial charge in [0.05, 0.1) is 10.6 Å². The molecule has 2 heterocycles. The van der Waals surface area contributed by atoms with Crippen LogP contribution in [0.3, 0.4) is 0 Å². The molecule has 3 rings (SSSR count). The van der Waals surface area contributed by atoms with Crippen LogP contribution in [0.2, 0.25) is 5.02 Å². The summed E-state index contributed by atoms with van der Waals surface area (Å²) in [5.74, 6) is 0.348. The zero-order valence-electron chi connectivity index (χ0n) is 12.4. The van der Waals surface area contributed by atoms with Crippen molar-refractivity contribution >= 4 is 22.9 Å². The van der Waals surface area contributed by atoms with Crippen LogP contribution in [0.25, 0.3) is 0 Å². The average Bonchev–Trinajstić information content (AvgIpc) is 2.86. The van der Waals surface area contributed by atoms with E-state index in [2.05, 4.69) is 4.90 Å². The molecule has 1 unspecified atom stereocenters. The standard InChI is InChI=1S/C16H15ClF3NOS/c1-21-6-4-15-11(5-7-23-15)14(9-21)22-10-2-3-12(13(17)8-10)16(18,19)20/h2-3,5,7-8,14H,4,6,9H2,1H3. The zero-order valence-corrected chi connectivity index (χ0v) is 13.9. The number of nitrogens with zero attached hydrogens (tertiary/aromatic N) is 1. The van der Waals surface area contributed by atoms with E-state index in [1.165, 1.54) is 17.0 Å². The first-order valence-corrected chi connectivity index (χ1v) is 8.38. The number of ether oxygens (including phenoxy) is 1. The molecule has 0 saturated heterocycles. The molecule has 1 atom stereocenters. The van der Waals surface area contributed by atoms with Crippen LogP contribution < -0.4 is 4.74 Å². The van der Waals surface area contributed by atoms with Crippen molar-refractivity contribution in [2.24, 2.45) is 0 Å². The number of likely N-dealkylation sites (N-methyl/N-ethyl adjacent to an activating group) is 1. The van der Waals surface area contributed by atoms with E-state index in [9.17, 15) is 13.2 Å². The van der Waals surface area contributed by atoms with Crippen LogP contribution in [0.15, 0.2) is 29.6 Å². The maximum absolute atomic E-state index is 12.8. The highest BCUT2D eigenvalue weighted by atomic mass is 35.5. The third kappa shape index (κ3) is 3.65. The van der Waals surface area contributed by atoms with Crippen LogP contribution in [-0.2, 0) is 12.6 Å². The molecule has 0 amide bonds. The summed E-state index contributed by atoms with van der Waals surface area (Å²) in [6, 6.07) is 5.55. The van der Waals surface area contributed by atoms with E-state index in [-0.39, 0.29) is 11.1 Å². The van der Waals surface area contributed by atoms with E-state index in [4.69, 9.17) is 16.3 Å². The van der Waals surface area contributed by atoms with Crippen molar-refractivity contribution in [3.63, 3.8) is 0 Å².